The number of amides is 2. The quantitative estimate of drug-likeness (QED) is 0.641. The van der Waals surface area contributed by atoms with Crippen LogP contribution in [0.2, 0.25) is 0 Å². The van der Waals surface area contributed by atoms with E-state index in [0.717, 1.165) is 5.56 Å². The SMILES string of the molecule is CNC(=O)C1CN(C(=O)COC(=O)CCc2ccc(OC)c(O)c2)c2ccccc2O1. The van der Waals surface area contributed by atoms with E-state index < -0.39 is 24.6 Å². The van der Waals surface area contributed by atoms with E-state index in [9.17, 15) is 19.5 Å². The number of carbonyl (C=O) groups is 3. The number of benzene rings is 2. The van der Waals surface area contributed by atoms with E-state index in [2.05, 4.69) is 5.32 Å². The molecular formula is C22H24N2O7. The maximum atomic E-state index is 12.7. The average Bonchev–Trinajstić information content (AvgIpc) is 2.79. The number of phenols is 1. The fourth-order valence-electron chi connectivity index (χ4n) is 3.20. The molecule has 2 aromatic rings. The molecule has 0 radical (unpaired) electrons. The van der Waals surface area contributed by atoms with Crippen molar-refractivity contribution in [3.05, 3.63) is 48.0 Å². The van der Waals surface area contributed by atoms with E-state index in [1.807, 2.05) is 0 Å². The van der Waals surface area contributed by atoms with E-state index in [4.69, 9.17) is 14.2 Å². The van der Waals surface area contributed by atoms with Gasteiger partial charge in [0.05, 0.1) is 19.3 Å². The van der Waals surface area contributed by atoms with Gasteiger partial charge in [-0.3, -0.25) is 14.4 Å². The number of anilines is 1. The minimum atomic E-state index is -0.859. The fourth-order valence-corrected chi connectivity index (χ4v) is 3.20. The van der Waals surface area contributed by atoms with Gasteiger partial charge in [-0.25, -0.2) is 0 Å². The highest BCUT2D eigenvalue weighted by Gasteiger charge is 2.33. The van der Waals surface area contributed by atoms with Crippen LogP contribution in [-0.4, -0.2) is 56.3 Å². The predicted octanol–water partition coefficient (Wildman–Crippen LogP) is 1.42. The number of phenolic OH excluding ortho intramolecular Hbond substituents is 1. The zero-order chi connectivity index (χ0) is 22.4. The first-order valence-electron chi connectivity index (χ1n) is 9.72. The summed E-state index contributed by atoms with van der Waals surface area (Å²) >= 11 is 0. The average molecular weight is 428 g/mol. The minimum Gasteiger partial charge on any atom is -0.504 e. The van der Waals surface area contributed by atoms with Gasteiger partial charge in [0.1, 0.15) is 5.75 Å². The maximum Gasteiger partial charge on any atom is 0.306 e. The molecule has 9 heteroatoms. The molecule has 1 aliphatic rings. The first-order valence-corrected chi connectivity index (χ1v) is 9.72. The summed E-state index contributed by atoms with van der Waals surface area (Å²) < 4.78 is 15.8. The van der Waals surface area contributed by atoms with Crippen LogP contribution in [-0.2, 0) is 25.5 Å². The Morgan fingerprint density at radius 3 is 2.71 bits per heavy atom. The van der Waals surface area contributed by atoms with Crippen LogP contribution in [0.1, 0.15) is 12.0 Å². The second-order valence-corrected chi connectivity index (χ2v) is 6.86. The van der Waals surface area contributed by atoms with Crippen molar-refractivity contribution in [3.63, 3.8) is 0 Å². The number of hydrogen-bond acceptors (Lipinski definition) is 7. The van der Waals surface area contributed by atoms with Gasteiger partial charge < -0.3 is 29.5 Å². The molecule has 0 aliphatic carbocycles. The van der Waals surface area contributed by atoms with Crippen LogP contribution >= 0.6 is 0 Å². The summed E-state index contributed by atoms with van der Waals surface area (Å²) in [6.07, 6.45) is -0.481. The standard InChI is InChI=1S/C22H24N2O7/c1-23-22(28)19-12-24(15-5-3-4-6-17(15)31-19)20(26)13-30-21(27)10-8-14-7-9-18(29-2)16(25)11-14/h3-7,9,11,19,25H,8,10,12-13H2,1-2H3,(H,23,28). The predicted molar refractivity (Wildman–Crippen MR) is 111 cm³/mol. The van der Waals surface area contributed by atoms with Gasteiger partial charge in [-0.05, 0) is 36.2 Å². The van der Waals surface area contributed by atoms with Crippen LogP contribution in [0, 0.1) is 0 Å². The number of rotatable bonds is 7. The Kier molecular flexibility index (Phi) is 6.96. The summed E-state index contributed by atoms with van der Waals surface area (Å²) in [5.74, 6) is -0.625. The number of fused-ring (bicyclic) bond motifs is 1. The monoisotopic (exact) mass is 428 g/mol. The van der Waals surface area contributed by atoms with Crippen molar-refractivity contribution < 1.29 is 33.7 Å². The van der Waals surface area contributed by atoms with Gasteiger partial charge in [0.15, 0.2) is 24.2 Å². The highest BCUT2D eigenvalue weighted by atomic mass is 16.5. The zero-order valence-electron chi connectivity index (χ0n) is 17.3. The van der Waals surface area contributed by atoms with E-state index >= 15 is 0 Å². The molecule has 0 aromatic heterocycles. The number of nitrogens with one attached hydrogen (secondary N) is 1. The van der Waals surface area contributed by atoms with Crippen LogP contribution in [0.5, 0.6) is 17.2 Å². The van der Waals surface area contributed by atoms with Crippen LogP contribution in [0.25, 0.3) is 0 Å². The Morgan fingerprint density at radius 2 is 2.00 bits per heavy atom. The molecule has 31 heavy (non-hydrogen) atoms. The van der Waals surface area contributed by atoms with E-state index in [1.165, 1.54) is 25.1 Å². The number of nitrogens with zero attached hydrogens (tertiary/aromatic N) is 1. The Balaban J connectivity index is 1.57. The van der Waals surface area contributed by atoms with E-state index in [1.54, 1.807) is 36.4 Å². The van der Waals surface area contributed by atoms with Crippen molar-refractivity contribution in [2.45, 2.75) is 18.9 Å². The number of ether oxygens (including phenoxy) is 3. The summed E-state index contributed by atoms with van der Waals surface area (Å²) in [6, 6.07) is 11.7. The molecule has 1 unspecified atom stereocenters. The number of esters is 1. The molecule has 164 valence electrons. The molecule has 2 N–H and O–H groups in total. The highest BCUT2D eigenvalue weighted by Crippen LogP contribution is 2.33. The van der Waals surface area contributed by atoms with Crippen molar-refractivity contribution in [1.82, 2.24) is 5.32 Å². The lowest BCUT2D eigenvalue weighted by molar-refractivity contribution is -0.148. The third-order valence-corrected chi connectivity index (χ3v) is 4.83. The molecule has 1 heterocycles. The Bertz CT molecular complexity index is 976. The first-order chi connectivity index (χ1) is 14.9. The summed E-state index contributed by atoms with van der Waals surface area (Å²) in [4.78, 5) is 38.2. The van der Waals surface area contributed by atoms with E-state index in [0.29, 0.717) is 23.6 Å². The largest absolute Gasteiger partial charge is 0.504 e. The minimum absolute atomic E-state index is 0.0121. The van der Waals surface area contributed by atoms with Gasteiger partial charge in [-0.1, -0.05) is 18.2 Å². The van der Waals surface area contributed by atoms with Gasteiger partial charge in [-0.15, -0.1) is 0 Å². The number of hydrogen-bond donors (Lipinski definition) is 2. The van der Waals surface area contributed by atoms with Crippen LogP contribution < -0.4 is 19.7 Å². The lowest BCUT2D eigenvalue weighted by atomic mass is 10.1. The molecule has 1 aliphatic heterocycles. The van der Waals surface area contributed by atoms with Crippen molar-refractivity contribution in [3.8, 4) is 17.2 Å². The first kappa shape index (κ1) is 21.9. The topological polar surface area (TPSA) is 114 Å². The molecule has 1 atom stereocenters. The number of likely N-dealkylation sites (N-methyl/N-ethyl adjacent to an activating group) is 1. The molecule has 3 rings (SSSR count). The lowest BCUT2D eigenvalue weighted by Gasteiger charge is -2.33. The molecule has 2 amide bonds. The molecule has 0 bridgehead atoms. The van der Waals surface area contributed by atoms with Gasteiger partial charge in [0, 0.05) is 13.5 Å². The van der Waals surface area contributed by atoms with Gasteiger partial charge >= 0.3 is 5.97 Å². The second-order valence-electron chi connectivity index (χ2n) is 6.86. The van der Waals surface area contributed by atoms with Gasteiger partial charge in [0.25, 0.3) is 11.8 Å². The van der Waals surface area contributed by atoms with Crippen molar-refractivity contribution in [2.75, 3.05) is 32.2 Å². The number of methoxy groups -OCH3 is 1. The molecule has 0 spiro atoms. The molecule has 0 saturated heterocycles. The van der Waals surface area contributed by atoms with Gasteiger partial charge in [0.2, 0.25) is 0 Å². The highest BCUT2D eigenvalue weighted by molar-refractivity contribution is 5.98. The Hall–Kier alpha value is -3.75. The normalized spacial score (nSPS) is 14.8. The third-order valence-electron chi connectivity index (χ3n) is 4.83. The molecule has 2 aromatic carbocycles. The van der Waals surface area contributed by atoms with Crippen LogP contribution in [0.3, 0.4) is 0 Å². The number of para-hydroxylation sites is 2. The van der Waals surface area contributed by atoms with Crippen molar-refractivity contribution in [2.24, 2.45) is 0 Å². The van der Waals surface area contributed by atoms with Crippen molar-refractivity contribution >= 4 is 23.5 Å². The second kappa shape index (κ2) is 9.84. The Labute approximate surface area is 179 Å². The summed E-state index contributed by atoms with van der Waals surface area (Å²) in [5.41, 5.74) is 1.24. The smallest absolute Gasteiger partial charge is 0.306 e. The Morgan fingerprint density at radius 1 is 1.23 bits per heavy atom. The zero-order valence-corrected chi connectivity index (χ0v) is 17.3. The number of carbonyl (C=O) groups excluding carboxylic acids is 3. The lowest BCUT2D eigenvalue weighted by Crippen LogP contribution is -2.51. The van der Waals surface area contributed by atoms with E-state index in [-0.39, 0.29) is 24.6 Å². The summed E-state index contributed by atoms with van der Waals surface area (Å²) in [7, 11) is 2.94. The number of aromatic hydroxyl groups is 1. The molecule has 9 nitrogen and oxygen atoms in total. The third kappa shape index (κ3) is 5.25. The molecule has 0 saturated carbocycles. The molecular weight excluding hydrogens is 404 g/mol. The van der Waals surface area contributed by atoms with Gasteiger partial charge in [-0.2, -0.15) is 0 Å². The van der Waals surface area contributed by atoms with Crippen LogP contribution in [0.4, 0.5) is 5.69 Å². The number of aryl methyl sites for hydroxylation is 1. The fraction of sp³-hybridized carbons (Fsp3) is 0.318. The molecule has 0 fully saturated rings. The summed E-state index contributed by atoms with van der Waals surface area (Å²) in [5, 5.41) is 12.3. The van der Waals surface area contributed by atoms with Crippen molar-refractivity contribution in [1.29, 1.82) is 0 Å². The maximum absolute atomic E-state index is 12.7. The van der Waals surface area contributed by atoms with Crippen LogP contribution in [0.15, 0.2) is 42.5 Å². The summed E-state index contributed by atoms with van der Waals surface area (Å²) in [6.45, 7) is -0.445.